The lowest BCUT2D eigenvalue weighted by Crippen LogP contribution is -2.54. The first-order valence-corrected chi connectivity index (χ1v) is 11.5. The van der Waals surface area contributed by atoms with Gasteiger partial charge in [0, 0.05) is 50.5 Å². The number of likely N-dealkylation sites (tertiary alicyclic amines) is 1. The van der Waals surface area contributed by atoms with E-state index in [-0.39, 0.29) is 6.10 Å². The molecule has 0 N–H and O–H groups in total. The van der Waals surface area contributed by atoms with Gasteiger partial charge in [0.1, 0.15) is 18.5 Å². The standard InChI is InChI=1S/C25H33N3O3/c1-29-22-6-4-5-21(17-22)28-15-13-27(14-16-28)20-9-11-26(12-10-20)18-23-19-30-24-7-2-3-8-25(24)31-23/h2-8,17,20,23H,9-16,18-19H2,1H3/t23-/m0/s1. The van der Waals surface area contributed by atoms with Crippen molar-refractivity contribution in [2.45, 2.75) is 25.0 Å². The van der Waals surface area contributed by atoms with Crippen LogP contribution in [0.3, 0.4) is 0 Å². The Balaban J connectivity index is 1.07. The van der Waals surface area contributed by atoms with Crippen molar-refractivity contribution in [3.05, 3.63) is 48.5 Å². The van der Waals surface area contributed by atoms with E-state index in [1.165, 1.54) is 18.5 Å². The molecule has 0 radical (unpaired) electrons. The highest BCUT2D eigenvalue weighted by atomic mass is 16.6. The lowest BCUT2D eigenvalue weighted by molar-refractivity contribution is 0.0381. The molecule has 2 aromatic rings. The SMILES string of the molecule is COc1cccc(N2CCN(C3CCN(C[C@H]4COc5ccccc5O4)CC3)CC2)c1. The molecular formula is C25H33N3O3. The number of ether oxygens (including phenoxy) is 3. The molecule has 0 aliphatic carbocycles. The molecule has 3 aliphatic rings. The van der Waals surface area contributed by atoms with Gasteiger partial charge in [0.15, 0.2) is 11.5 Å². The van der Waals surface area contributed by atoms with E-state index in [0.717, 1.165) is 63.1 Å². The third-order valence-electron chi connectivity index (χ3n) is 6.84. The molecule has 3 aliphatic heterocycles. The minimum Gasteiger partial charge on any atom is -0.497 e. The summed E-state index contributed by atoms with van der Waals surface area (Å²) in [5.41, 5.74) is 1.27. The van der Waals surface area contributed by atoms with Gasteiger partial charge in [-0.3, -0.25) is 9.80 Å². The number of benzene rings is 2. The Bertz CT molecular complexity index is 861. The van der Waals surface area contributed by atoms with Crippen LogP contribution in [0.4, 0.5) is 5.69 Å². The van der Waals surface area contributed by atoms with E-state index in [1.54, 1.807) is 7.11 Å². The van der Waals surface area contributed by atoms with Crippen LogP contribution in [0, 0.1) is 0 Å². The normalized spacial score (nSPS) is 23.0. The first-order chi connectivity index (χ1) is 15.3. The van der Waals surface area contributed by atoms with Crippen LogP contribution < -0.4 is 19.1 Å². The second-order valence-electron chi connectivity index (χ2n) is 8.75. The Morgan fingerprint density at radius 2 is 1.68 bits per heavy atom. The molecule has 2 saturated heterocycles. The molecule has 3 heterocycles. The van der Waals surface area contributed by atoms with Crippen LogP contribution in [0.15, 0.2) is 48.5 Å². The van der Waals surface area contributed by atoms with E-state index in [1.807, 2.05) is 30.3 Å². The van der Waals surface area contributed by atoms with Crippen molar-refractivity contribution in [2.75, 3.05) is 64.4 Å². The molecule has 6 heteroatoms. The third kappa shape index (κ3) is 4.75. The molecule has 2 aromatic carbocycles. The van der Waals surface area contributed by atoms with Gasteiger partial charge < -0.3 is 19.1 Å². The summed E-state index contributed by atoms with van der Waals surface area (Å²) >= 11 is 0. The fourth-order valence-electron chi connectivity index (χ4n) is 5.06. The summed E-state index contributed by atoms with van der Waals surface area (Å²) in [4.78, 5) is 7.72. The van der Waals surface area contributed by atoms with Gasteiger partial charge in [0.25, 0.3) is 0 Å². The Morgan fingerprint density at radius 1 is 0.903 bits per heavy atom. The fourth-order valence-corrected chi connectivity index (χ4v) is 5.06. The molecule has 0 unspecified atom stereocenters. The highest BCUT2D eigenvalue weighted by molar-refractivity contribution is 5.51. The zero-order chi connectivity index (χ0) is 21.0. The summed E-state index contributed by atoms with van der Waals surface area (Å²) in [6.45, 7) is 8.31. The summed E-state index contributed by atoms with van der Waals surface area (Å²) < 4.78 is 17.4. The first-order valence-electron chi connectivity index (χ1n) is 11.5. The van der Waals surface area contributed by atoms with Crippen LogP contribution in [-0.2, 0) is 0 Å². The lowest BCUT2D eigenvalue weighted by atomic mass is 10.0. The highest BCUT2D eigenvalue weighted by Crippen LogP contribution is 2.31. The number of fused-ring (bicyclic) bond motifs is 1. The number of piperazine rings is 1. The van der Waals surface area contributed by atoms with Crippen LogP contribution in [0.5, 0.6) is 17.2 Å². The van der Waals surface area contributed by atoms with Crippen molar-refractivity contribution in [2.24, 2.45) is 0 Å². The Kier molecular flexibility index (Phi) is 6.18. The summed E-state index contributed by atoms with van der Waals surface area (Å²) in [6.07, 6.45) is 2.60. The quantitative estimate of drug-likeness (QED) is 0.736. The van der Waals surface area contributed by atoms with Crippen molar-refractivity contribution >= 4 is 5.69 Å². The van der Waals surface area contributed by atoms with Crippen LogP contribution in [-0.4, -0.2) is 81.5 Å². The summed E-state index contributed by atoms with van der Waals surface area (Å²) in [5.74, 6) is 2.68. The van der Waals surface area contributed by atoms with Gasteiger partial charge in [-0.1, -0.05) is 18.2 Å². The van der Waals surface area contributed by atoms with Gasteiger partial charge in [-0.25, -0.2) is 0 Å². The van der Waals surface area contributed by atoms with Gasteiger partial charge in [0.2, 0.25) is 0 Å². The highest BCUT2D eigenvalue weighted by Gasteiger charge is 2.30. The second-order valence-corrected chi connectivity index (χ2v) is 8.75. The summed E-state index contributed by atoms with van der Waals surface area (Å²) in [7, 11) is 1.73. The molecule has 31 heavy (non-hydrogen) atoms. The van der Waals surface area contributed by atoms with Gasteiger partial charge >= 0.3 is 0 Å². The maximum atomic E-state index is 6.16. The number of piperidine rings is 1. The number of nitrogens with zero attached hydrogens (tertiary/aromatic N) is 3. The Morgan fingerprint density at radius 3 is 2.45 bits per heavy atom. The maximum Gasteiger partial charge on any atom is 0.161 e. The summed E-state index contributed by atoms with van der Waals surface area (Å²) in [6, 6.07) is 17.1. The number of hydrogen-bond donors (Lipinski definition) is 0. The van der Waals surface area contributed by atoms with Gasteiger partial charge in [0.05, 0.1) is 7.11 Å². The molecule has 6 nitrogen and oxygen atoms in total. The van der Waals surface area contributed by atoms with Crippen molar-refractivity contribution in [3.63, 3.8) is 0 Å². The van der Waals surface area contributed by atoms with Crippen LogP contribution in [0.2, 0.25) is 0 Å². The van der Waals surface area contributed by atoms with E-state index in [9.17, 15) is 0 Å². The predicted octanol–water partition coefficient (Wildman–Crippen LogP) is 3.12. The first kappa shape index (κ1) is 20.5. The number of methoxy groups -OCH3 is 1. The average molecular weight is 424 g/mol. The van der Waals surface area contributed by atoms with Crippen LogP contribution in [0.1, 0.15) is 12.8 Å². The van der Waals surface area contributed by atoms with Crippen molar-refractivity contribution in [3.8, 4) is 17.2 Å². The molecule has 1 atom stereocenters. The lowest BCUT2D eigenvalue weighted by Gasteiger charge is -2.44. The fraction of sp³-hybridized carbons (Fsp3) is 0.520. The molecular weight excluding hydrogens is 390 g/mol. The third-order valence-corrected chi connectivity index (χ3v) is 6.84. The molecule has 2 fully saturated rings. The Hall–Kier alpha value is -2.44. The van der Waals surface area contributed by atoms with Crippen molar-refractivity contribution in [1.82, 2.24) is 9.80 Å². The monoisotopic (exact) mass is 423 g/mol. The Labute approximate surface area is 185 Å². The average Bonchev–Trinajstić information content (AvgIpc) is 2.85. The topological polar surface area (TPSA) is 37.4 Å². The number of hydrogen-bond acceptors (Lipinski definition) is 6. The zero-order valence-electron chi connectivity index (χ0n) is 18.4. The number of anilines is 1. The molecule has 0 amide bonds. The summed E-state index contributed by atoms with van der Waals surface area (Å²) in [5, 5.41) is 0. The zero-order valence-corrected chi connectivity index (χ0v) is 18.4. The maximum absolute atomic E-state index is 6.16. The molecule has 5 rings (SSSR count). The second kappa shape index (κ2) is 9.37. The van der Waals surface area contributed by atoms with E-state index in [2.05, 4.69) is 32.9 Å². The predicted molar refractivity (Wildman–Crippen MR) is 123 cm³/mol. The van der Waals surface area contributed by atoms with E-state index < -0.39 is 0 Å². The van der Waals surface area contributed by atoms with E-state index in [4.69, 9.17) is 14.2 Å². The molecule has 166 valence electrons. The largest absolute Gasteiger partial charge is 0.497 e. The van der Waals surface area contributed by atoms with Gasteiger partial charge in [-0.05, 0) is 50.2 Å². The molecule has 0 saturated carbocycles. The van der Waals surface area contributed by atoms with Crippen LogP contribution in [0.25, 0.3) is 0 Å². The van der Waals surface area contributed by atoms with Crippen molar-refractivity contribution < 1.29 is 14.2 Å². The van der Waals surface area contributed by atoms with Gasteiger partial charge in [-0.15, -0.1) is 0 Å². The van der Waals surface area contributed by atoms with Crippen LogP contribution >= 0.6 is 0 Å². The molecule has 0 bridgehead atoms. The molecule has 0 spiro atoms. The minimum absolute atomic E-state index is 0.123. The van der Waals surface area contributed by atoms with E-state index in [0.29, 0.717) is 12.6 Å². The smallest absolute Gasteiger partial charge is 0.161 e. The van der Waals surface area contributed by atoms with E-state index >= 15 is 0 Å². The number of rotatable bonds is 5. The van der Waals surface area contributed by atoms with Gasteiger partial charge in [-0.2, -0.15) is 0 Å². The number of para-hydroxylation sites is 2. The van der Waals surface area contributed by atoms with Crippen molar-refractivity contribution in [1.29, 1.82) is 0 Å². The molecule has 0 aromatic heterocycles. The minimum atomic E-state index is 0.123.